The first-order chi connectivity index (χ1) is 8.25. The van der Waals surface area contributed by atoms with Gasteiger partial charge in [-0.3, -0.25) is 10.1 Å². The third-order valence-corrected chi connectivity index (χ3v) is 2.88. The predicted molar refractivity (Wildman–Crippen MR) is 63.8 cm³/mol. The number of hydrogen-bond acceptors (Lipinski definition) is 4. The van der Waals surface area contributed by atoms with Crippen LogP contribution in [0.3, 0.4) is 0 Å². The third-order valence-electron chi connectivity index (χ3n) is 2.88. The summed E-state index contributed by atoms with van der Waals surface area (Å²) in [6.07, 6.45) is 2.49. The first-order valence-electron chi connectivity index (χ1n) is 5.81. The lowest BCUT2D eigenvalue weighted by Crippen LogP contribution is -2.35. The summed E-state index contributed by atoms with van der Waals surface area (Å²) in [5, 5.41) is 13.8. The van der Waals surface area contributed by atoms with Crippen molar-refractivity contribution in [1.82, 2.24) is 5.32 Å². The molecular formula is C12H16N2O3. The maximum Gasteiger partial charge on any atom is 0.269 e. The molecule has 1 fully saturated rings. The lowest BCUT2D eigenvalue weighted by Gasteiger charge is -2.23. The van der Waals surface area contributed by atoms with Gasteiger partial charge in [0.15, 0.2) is 0 Å². The van der Waals surface area contributed by atoms with Crippen LogP contribution in [0.15, 0.2) is 24.3 Å². The Hall–Kier alpha value is -1.46. The van der Waals surface area contributed by atoms with Crippen molar-refractivity contribution < 1.29 is 9.66 Å². The van der Waals surface area contributed by atoms with Crippen molar-refractivity contribution in [1.29, 1.82) is 0 Å². The fourth-order valence-electron chi connectivity index (χ4n) is 1.89. The number of benzene rings is 1. The van der Waals surface area contributed by atoms with Crippen LogP contribution in [0.2, 0.25) is 0 Å². The lowest BCUT2D eigenvalue weighted by molar-refractivity contribution is -0.384. The Morgan fingerprint density at radius 3 is 2.76 bits per heavy atom. The van der Waals surface area contributed by atoms with E-state index in [1.165, 1.54) is 12.1 Å². The van der Waals surface area contributed by atoms with Crippen LogP contribution in [0.5, 0.6) is 0 Å². The standard InChI is InChI=1S/C12H16N2O3/c15-14(16)11-5-3-10(4-6-11)9-17-12-2-1-7-13-8-12/h3-6,12-13H,1-2,7-9H2/t12-/m0/s1. The van der Waals surface area contributed by atoms with Gasteiger partial charge in [0.25, 0.3) is 5.69 Å². The molecule has 5 nitrogen and oxygen atoms in total. The minimum atomic E-state index is -0.393. The van der Waals surface area contributed by atoms with E-state index in [2.05, 4.69) is 5.32 Å². The van der Waals surface area contributed by atoms with Crippen LogP contribution in [0.1, 0.15) is 18.4 Å². The molecule has 1 aliphatic rings. The summed E-state index contributed by atoms with van der Waals surface area (Å²) in [6, 6.07) is 6.51. The van der Waals surface area contributed by atoms with Crippen molar-refractivity contribution in [2.24, 2.45) is 0 Å². The Morgan fingerprint density at radius 2 is 2.18 bits per heavy atom. The summed E-state index contributed by atoms with van der Waals surface area (Å²) in [5.74, 6) is 0. The van der Waals surface area contributed by atoms with Gasteiger partial charge in [0.05, 0.1) is 17.6 Å². The van der Waals surface area contributed by atoms with Gasteiger partial charge in [-0.25, -0.2) is 0 Å². The van der Waals surface area contributed by atoms with Crippen LogP contribution in [0, 0.1) is 10.1 Å². The molecule has 5 heteroatoms. The topological polar surface area (TPSA) is 64.4 Å². The molecule has 92 valence electrons. The number of nitro groups is 1. The quantitative estimate of drug-likeness (QED) is 0.640. The zero-order valence-electron chi connectivity index (χ0n) is 9.59. The van der Waals surface area contributed by atoms with Crippen molar-refractivity contribution in [2.45, 2.75) is 25.6 Å². The summed E-state index contributed by atoms with van der Waals surface area (Å²) in [4.78, 5) is 10.1. The maximum absolute atomic E-state index is 10.5. The Kier molecular flexibility index (Phi) is 4.06. The molecule has 1 N–H and O–H groups in total. The molecular weight excluding hydrogens is 220 g/mol. The number of ether oxygens (including phenoxy) is 1. The highest BCUT2D eigenvalue weighted by atomic mass is 16.6. The summed E-state index contributed by atoms with van der Waals surface area (Å²) in [7, 11) is 0. The minimum absolute atomic E-state index is 0.119. The van der Waals surface area contributed by atoms with Gasteiger partial charge in [-0.2, -0.15) is 0 Å². The molecule has 17 heavy (non-hydrogen) atoms. The zero-order valence-corrected chi connectivity index (χ0v) is 9.59. The van der Waals surface area contributed by atoms with Gasteiger partial charge in [-0.1, -0.05) is 0 Å². The molecule has 1 aromatic rings. The van der Waals surface area contributed by atoms with E-state index in [1.807, 2.05) is 0 Å². The van der Waals surface area contributed by atoms with Crippen LogP contribution in [-0.2, 0) is 11.3 Å². The van der Waals surface area contributed by atoms with Crippen molar-refractivity contribution >= 4 is 5.69 Å². The number of nitrogens with one attached hydrogen (secondary N) is 1. The predicted octanol–water partition coefficient (Wildman–Crippen LogP) is 1.86. The van der Waals surface area contributed by atoms with Gasteiger partial charge in [0, 0.05) is 18.7 Å². The Bertz CT molecular complexity index is 372. The molecule has 1 aliphatic heterocycles. The van der Waals surface area contributed by atoms with Crippen molar-refractivity contribution in [2.75, 3.05) is 13.1 Å². The SMILES string of the molecule is O=[N+]([O-])c1ccc(CO[C@H]2CCCNC2)cc1. The molecule has 0 amide bonds. The Balaban J connectivity index is 1.84. The normalized spacial score (nSPS) is 20.1. The number of rotatable bonds is 4. The van der Waals surface area contributed by atoms with Gasteiger partial charge in [0.1, 0.15) is 0 Å². The lowest BCUT2D eigenvalue weighted by atomic mass is 10.1. The van der Waals surface area contributed by atoms with Gasteiger partial charge in [-0.15, -0.1) is 0 Å². The second kappa shape index (κ2) is 5.75. The summed E-state index contributed by atoms with van der Waals surface area (Å²) in [6.45, 7) is 2.48. The molecule has 1 saturated heterocycles. The number of nitrogens with zero attached hydrogens (tertiary/aromatic N) is 1. The average Bonchev–Trinajstić information content (AvgIpc) is 2.38. The van der Waals surface area contributed by atoms with Crippen LogP contribution < -0.4 is 5.32 Å². The van der Waals surface area contributed by atoms with Gasteiger partial charge in [-0.05, 0) is 37.1 Å². The van der Waals surface area contributed by atoms with E-state index in [0.717, 1.165) is 31.5 Å². The van der Waals surface area contributed by atoms with E-state index in [1.54, 1.807) is 12.1 Å². The smallest absolute Gasteiger partial charge is 0.269 e. The van der Waals surface area contributed by atoms with Crippen LogP contribution >= 0.6 is 0 Å². The van der Waals surface area contributed by atoms with E-state index in [0.29, 0.717) is 6.61 Å². The highest BCUT2D eigenvalue weighted by Gasteiger charge is 2.13. The zero-order chi connectivity index (χ0) is 12.1. The maximum atomic E-state index is 10.5. The van der Waals surface area contributed by atoms with Crippen LogP contribution in [0.25, 0.3) is 0 Å². The second-order valence-corrected chi connectivity index (χ2v) is 4.20. The highest BCUT2D eigenvalue weighted by molar-refractivity contribution is 5.32. The Labute approximate surface area is 99.9 Å². The molecule has 0 aliphatic carbocycles. The number of non-ortho nitro benzene ring substituents is 1. The molecule has 1 aromatic carbocycles. The molecule has 0 radical (unpaired) electrons. The molecule has 0 aromatic heterocycles. The number of piperidine rings is 1. The number of hydrogen-bond donors (Lipinski definition) is 1. The second-order valence-electron chi connectivity index (χ2n) is 4.20. The summed E-state index contributed by atoms with van der Waals surface area (Å²) < 4.78 is 5.74. The van der Waals surface area contributed by atoms with Crippen molar-refractivity contribution in [3.05, 3.63) is 39.9 Å². The average molecular weight is 236 g/mol. The molecule has 0 saturated carbocycles. The van der Waals surface area contributed by atoms with Crippen molar-refractivity contribution in [3.8, 4) is 0 Å². The first kappa shape index (κ1) is 12.0. The highest BCUT2D eigenvalue weighted by Crippen LogP contribution is 2.14. The third kappa shape index (κ3) is 3.51. The van der Waals surface area contributed by atoms with E-state index in [-0.39, 0.29) is 11.8 Å². The van der Waals surface area contributed by atoms with Gasteiger partial charge >= 0.3 is 0 Å². The van der Waals surface area contributed by atoms with Gasteiger partial charge < -0.3 is 10.1 Å². The van der Waals surface area contributed by atoms with Crippen LogP contribution in [0.4, 0.5) is 5.69 Å². The van der Waals surface area contributed by atoms with E-state index in [9.17, 15) is 10.1 Å². The molecule has 0 spiro atoms. The van der Waals surface area contributed by atoms with E-state index in [4.69, 9.17) is 4.74 Å². The fourth-order valence-corrected chi connectivity index (χ4v) is 1.89. The minimum Gasteiger partial charge on any atom is -0.372 e. The van der Waals surface area contributed by atoms with Crippen LogP contribution in [-0.4, -0.2) is 24.1 Å². The monoisotopic (exact) mass is 236 g/mol. The molecule has 1 heterocycles. The van der Waals surface area contributed by atoms with E-state index >= 15 is 0 Å². The largest absolute Gasteiger partial charge is 0.372 e. The molecule has 0 unspecified atom stereocenters. The van der Waals surface area contributed by atoms with E-state index < -0.39 is 4.92 Å². The van der Waals surface area contributed by atoms with Gasteiger partial charge in [0.2, 0.25) is 0 Å². The Morgan fingerprint density at radius 1 is 1.41 bits per heavy atom. The molecule has 2 rings (SSSR count). The first-order valence-corrected chi connectivity index (χ1v) is 5.81. The molecule has 0 bridgehead atoms. The molecule has 1 atom stereocenters. The summed E-state index contributed by atoms with van der Waals surface area (Å²) >= 11 is 0. The fraction of sp³-hybridized carbons (Fsp3) is 0.500. The summed E-state index contributed by atoms with van der Waals surface area (Å²) in [5.41, 5.74) is 1.09. The number of nitro benzene ring substituents is 1. The van der Waals surface area contributed by atoms with Crippen molar-refractivity contribution in [3.63, 3.8) is 0 Å².